The van der Waals surface area contributed by atoms with Crippen LogP contribution >= 0.6 is 0 Å². The zero-order chi connectivity index (χ0) is 13.9. The highest BCUT2D eigenvalue weighted by molar-refractivity contribution is 5.35. The van der Waals surface area contributed by atoms with Crippen LogP contribution in [0.1, 0.15) is 45.1 Å². The van der Waals surface area contributed by atoms with Crippen molar-refractivity contribution in [2.75, 3.05) is 6.61 Å². The van der Waals surface area contributed by atoms with Crippen LogP contribution in [0.4, 0.5) is 0 Å². The van der Waals surface area contributed by atoms with E-state index in [1.807, 2.05) is 25.1 Å². The lowest BCUT2D eigenvalue weighted by Crippen LogP contribution is -2.47. The Kier molecular flexibility index (Phi) is 4.11. The summed E-state index contributed by atoms with van der Waals surface area (Å²) in [5.74, 6) is 1.30. The van der Waals surface area contributed by atoms with E-state index >= 15 is 0 Å². The predicted molar refractivity (Wildman–Crippen MR) is 76.2 cm³/mol. The molecule has 0 bridgehead atoms. The van der Waals surface area contributed by atoms with Crippen molar-refractivity contribution < 1.29 is 4.74 Å². The van der Waals surface area contributed by atoms with Gasteiger partial charge in [-0.25, -0.2) is 0 Å². The normalized spacial score (nSPS) is 17.8. The van der Waals surface area contributed by atoms with E-state index in [1.54, 1.807) is 0 Å². The van der Waals surface area contributed by atoms with Gasteiger partial charge in [-0.2, -0.15) is 5.26 Å². The third-order valence-corrected chi connectivity index (χ3v) is 3.40. The number of nitrogens with one attached hydrogen (secondary N) is 1. The molecular weight excluding hydrogens is 236 g/mol. The predicted octanol–water partition coefficient (Wildman–Crippen LogP) is 3.22. The van der Waals surface area contributed by atoms with E-state index in [1.165, 1.54) is 18.4 Å². The van der Waals surface area contributed by atoms with Crippen molar-refractivity contribution in [1.82, 2.24) is 5.32 Å². The average molecular weight is 258 g/mol. The molecule has 0 saturated heterocycles. The quantitative estimate of drug-likeness (QED) is 0.852. The largest absolute Gasteiger partial charge is 0.490 e. The monoisotopic (exact) mass is 258 g/mol. The second-order valence-corrected chi connectivity index (χ2v) is 5.84. The summed E-state index contributed by atoms with van der Waals surface area (Å²) in [6, 6.07) is 10.9. The summed E-state index contributed by atoms with van der Waals surface area (Å²) in [7, 11) is 0. The first-order chi connectivity index (χ1) is 9.04. The molecule has 0 amide bonds. The van der Waals surface area contributed by atoms with Crippen molar-refractivity contribution >= 4 is 0 Å². The SMILES string of the molecule is CC(C)c1ccccc1OCC(C)(C#N)NC1CC1. The molecule has 1 aromatic rings. The van der Waals surface area contributed by atoms with Gasteiger partial charge in [0.1, 0.15) is 17.9 Å². The van der Waals surface area contributed by atoms with Gasteiger partial charge in [-0.1, -0.05) is 32.0 Å². The lowest BCUT2D eigenvalue weighted by Gasteiger charge is -2.24. The van der Waals surface area contributed by atoms with Gasteiger partial charge in [-0.15, -0.1) is 0 Å². The van der Waals surface area contributed by atoms with Crippen molar-refractivity contribution in [2.24, 2.45) is 0 Å². The van der Waals surface area contributed by atoms with E-state index in [4.69, 9.17) is 4.74 Å². The summed E-state index contributed by atoms with van der Waals surface area (Å²) in [4.78, 5) is 0. The number of ether oxygens (including phenoxy) is 1. The van der Waals surface area contributed by atoms with Gasteiger partial charge in [0.15, 0.2) is 0 Å². The molecule has 19 heavy (non-hydrogen) atoms. The second-order valence-electron chi connectivity index (χ2n) is 5.84. The second kappa shape index (κ2) is 5.63. The van der Waals surface area contributed by atoms with Gasteiger partial charge in [0, 0.05) is 6.04 Å². The Hall–Kier alpha value is -1.53. The third-order valence-electron chi connectivity index (χ3n) is 3.40. The maximum Gasteiger partial charge on any atom is 0.138 e. The van der Waals surface area contributed by atoms with Crippen molar-refractivity contribution in [2.45, 2.75) is 51.1 Å². The maximum absolute atomic E-state index is 9.33. The van der Waals surface area contributed by atoms with Crippen LogP contribution in [-0.2, 0) is 0 Å². The Balaban J connectivity index is 2.03. The van der Waals surface area contributed by atoms with E-state index in [0.717, 1.165) is 5.75 Å². The van der Waals surface area contributed by atoms with Gasteiger partial charge in [0.25, 0.3) is 0 Å². The van der Waals surface area contributed by atoms with E-state index in [-0.39, 0.29) is 0 Å². The highest BCUT2D eigenvalue weighted by atomic mass is 16.5. The lowest BCUT2D eigenvalue weighted by molar-refractivity contribution is 0.230. The number of hydrogen-bond acceptors (Lipinski definition) is 3. The minimum Gasteiger partial charge on any atom is -0.490 e. The average Bonchev–Trinajstić information content (AvgIpc) is 3.20. The van der Waals surface area contributed by atoms with Crippen molar-refractivity contribution in [3.05, 3.63) is 29.8 Å². The number of hydrogen-bond donors (Lipinski definition) is 1. The topological polar surface area (TPSA) is 45.0 Å². The Morgan fingerprint density at radius 3 is 2.68 bits per heavy atom. The van der Waals surface area contributed by atoms with Gasteiger partial charge in [-0.3, -0.25) is 5.32 Å². The summed E-state index contributed by atoms with van der Waals surface area (Å²) < 4.78 is 5.90. The molecule has 1 saturated carbocycles. The van der Waals surface area contributed by atoms with Gasteiger partial charge in [-0.05, 0) is 37.3 Å². The Labute approximate surface area is 115 Å². The van der Waals surface area contributed by atoms with E-state index in [0.29, 0.717) is 18.6 Å². The van der Waals surface area contributed by atoms with E-state index in [2.05, 4.69) is 31.3 Å². The van der Waals surface area contributed by atoms with Crippen LogP contribution in [0.25, 0.3) is 0 Å². The minimum absolute atomic E-state index is 0.379. The molecular formula is C16H22N2O. The number of para-hydroxylation sites is 1. The molecule has 0 spiro atoms. The molecule has 0 radical (unpaired) electrons. The molecule has 0 heterocycles. The zero-order valence-electron chi connectivity index (χ0n) is 11.9. The number of rotatable bonds is 6. The smallest absolute Gasteiger partial charge is 0.138 e. The van der Waals surface area contributed by atoms with Crippen molar-refractivity contribution in [3.63, 3.8) is 0 Å². The first-order valence-corrected chi connectivity index (χ1v) is 6.95. The lowest BCUT2D eigenvalue weighted by atomic mass is 10.0. The van der Waals surface area contributed by atoms with Gasteiger partial charge in [0.2, 0.25) is 0 Å². The molecule has 1 aliphatic carbocycles. The highest BCUT2D eigenvalue weighted by Gasteiger charge is 2.33. The van der Waals surface area contributed by atoms with Crippen molar-refractivity contribution in [1.29, 1.82) is 5.26 Å². The van der Waals surface area contributed by atoms with Gasteiger partial charge in [0.05, 0.1) is 6.07 Å². The molecule has 3 nitrogen and oxygen atoms in total. The molecule has 1 aromatic carbocycles. The summed E-state index contributed by atoms with van der Waals surface area (Å²) in [5.41, 5.74) is 0.583. The number of benzene rings is 1. The molecule has 1 unspecified atom stereocenters. The molecule has 1 aliphatic rings. The first-order valence-electron chi connectivity index (χ1n) is 6.95. The fourth-order valence-electron chi connectivity index (χ4n) is 2.10. The van der Waals surface area contributed by atoms with Crippen molar-refractivity contribution in [3.8, 4) is 11.8 Å². The molecule has 1 N–H and O–H groups in total. The zero-order valence-corrected chi connectivity index (χ0v) is 11.9. The molecule has 102 valence electrons. The molecule has 3 heteroatoms. The summed E-state index contributed by atoms with van der Waals surface area (Å²) in [6.45, 7) is 6.58. The fraction of sp³-hybridized carbons (Fsp3) is 0.562. The van der Waals surface area contributed by atoms with Gasteiger partial charge >= 0.3 is 0 Å². The van der Waals surface area contributed by atoms with Crippen LogP contribution in [-0.4, -0.2) is 18.2 Å². The van der Waals surface area contributed by atoms with Crippen LogP contribution in [0.2, 0.25) is 0 Å². The highest BCUT2D eigenvalue weighted by Crippen LogP contribution is 2.27. The standard InChI is InChI=1S/C16H22N2O/c1-12(2)14-6-4-5-7-15(14)19-11-16(3,10-17)18-13-8-9-13/h4-7,12-13,18H,8-9,11H2,1-3H3. The molecule has 0 aromatic heterocycles. The van der Waals surface area contributed by atoms with Crippen LogP contribution in [0.5, 0.6) is 5.75 Å². The molecule has 2 rings (SSSR count). The Morgan fingerprint density at radius 2 is 2.11 bits per heavy atom. The minimum atomic E-state index is -0.606. The number of nitrogens with zero attached hydrogens (tertiary/aromatic N) is 1. The van der Waals surface area contributed by atoms with Crippen LogP contribution in [0.3, 0.4) is 0 Å². The van der Waals surface area contributed by atoms with E-state index in [9.17, 15) is 5.26 Å². The van der Waals surface area contributed by atoms with Crippen LogP contribution < -0.4 is 10.1 Å². The third kappa shape index (κ3) is 3.71. The summed E-state index contributed by atoms with van der Waals surface area (Å²) in [6.07, 6.45) is 2.33. The molecule has 1 fully saturated rings. The Morgan fingerprint density at radius 1 is 1.42 bits per heavy atom. The Bertz CT molecular complexity index is 474. The van der Waals surface area contributed by atoms with Gasteiger partial charge < -0.3 is 4.74 Å². The van der Waals surface area contributed by atoms with Crippen LogP contribution in [0, 0.1) is 11.3 Å². The molecule has 0 aliphatic heterocycles. The number of nitriles is 1. The maximum atomic E-state index is 9.33. The van der Waals surface area contributed by atoms with Crippen LogP contribution in [0.15, 0.2) is 24.3 Å². The first kappa shape index (κ1) is 13.9. The molecule has 1 atom stereocenters. The summed E-state index contributed by atoms with van der Waals surface area (Å²) in [5, 5.41) is 12.7. The summed E-state index contributed by atoms with van der Waals surface area (Å²) >= 11 is 0. The fourth-order valence-corrected chi connectivity index (χ4v) is 2.10. The van der Waals surface area contributed by atoms with E-state index < -0.39 is 5.54 Å².